The molecule has 0 radical (unpaired) electrons. The summed E-state index contributed by atoms with van der Waals surface area (Å²) in [6.45, 7) is 1.41. The Bertz CT molecular complexity index is 1750. The van der Waals surface area contributed by atoms with Gasteiger partial charge in [-0.2, -0.15) is 10.2 Å². The third-order valence-electron chi connectivity index (χ3n) is 8.63. The summed E-state index contributed by atoms with van der Waals surface area (Å²) in [6, 6.07) is 13.4. The second kappa shape index (κ2) is 9.85. The topological polar surface area (TPSA) is 123 Å². The standard InChI is InChI=1S/C31H27FN4O5/c32-23-12-18(15-33)4-5-20(23)17-40-27-3-1-2-24(34-27)19-6-9-31(10-7-19)14-22(31)28-35-29-25(13-26(41-29)30(37)38)36(28)16-21-8-11-39-21/h1-6,12-13,21-22H,7-11,14,16-17H2,(H,37,38)/t21-,22?,31?/m0/s1. The maximum Gasteiger partial charge on any atom is 0.371 e. The number of ether oxygens (including phenoxy) is 2. The molecule has 41 heavy (non-hydrogen) atoms. The number of carbonyl (C=O) groups is 1. The maximum atomic E-state index is 14.2. The SMILES string of the molecule is N#Cc1ccc(COc2cccc(C3=CCC4(CC3)CC4c3nc4oc(C(=O)O)cc4n3C[C@@H]3CCO3)n2)c(F)c1. The van der Waals surface area contributed by atoms with Gasteiger partial charge in [-0.05, 0) is 61.3 Å². The summed E-state index contributed by atoms with van der Waals surface area (Å²) >= 11 is 0. The van der Waals surface area contributed by atoms with Crippen LogP contribution in [0.2, 0.25) is 0 Å². The van der Waals surface area contributed by atoms with Crippen LogP contribution in [-0.4, -0.2) is 38.3 Å². The van der Waals surface area contributed by atoms with Gasteiger partial charge in [0, 0.05) is 30.2 Å². The number of imidazole rings is 1. The fourth-order valence-corrected chi connectivity index (χ4v) is 6.05. The van der Waals surface area contributed by atoms with Crippen molar-refractivity contribution in [1.82, 2.24) is 14.5 Å². The predicted molar refractivity (Wildman–Crippen MR) is 145 cm³/mol. The molecule has 10 heteroatoms. The second-order valence-electron chi connectivity index (χ2n) is 11.1. The molecule has 4 aromatic rings. The zero-order valence-electron chi connectivity index (χ0n) is 22.2. The van der Waals surface area contributed by atoms with Gasteiger partial charge in [0.2, 0.25) is 17.4 Å². The quantitative estimate of drug-likeness (QED) is 0.288. The van der Waals surface area contributed by atoms with E-state index in [-0.39, 0.29) is 35.4 Å². The number of benzene rings is 1. The Labute approximate surface area is 234 Å². The first-order valence-electron chi connectivity index (χ1n) is 13.7. The largest absolute Gasteiger partial charge is 0.475 e. The third kappa shape index (κ3) is 4.66. The van der Waals surface area contributed by atoms with E-state index in [4.69, 9.17) is 24.1 Å². The summed E-state index contributed by atoms with van der Waals surface area (Å²) < 4.78 is 33.4. The molecule has 208 valence electrons. The lowest BCUT2D eigenvalue weighted by atomic mass is 9.83. The molecule has 1 N–H and O–H groups in total. The average molecular weight is 555 g/mol. The molecular formula is C31H27FN4O5. The van der Waals surface area contributed by atoms with Crippen molar-refractivity contribution in [1.29, 1.82) is 5.26 Å². The van der Waals surface area contributed by atoms with Crippen LogP contribution in [0.15, 0.2) is 53.0 Å². The summed E-state index contributed by atoms with van der Waals surface area (Å²) in [6.07, 6.45) is 7.10. The highest BCUT2D eigenvalue weighted by Crippen LogP contribution is 2.66. The Morgan fingerprint density at radius 2 is 2.15 bits per heavy atom. The van der Waals surface area contributed by atoms with E-state index < -0.39 is 11.8 Å². The van der Waals surface area contributed by atoms with E-state index in [0.717, 1.165) is 55.8 Å². The van der Waals surface area contributed by atoms with Crippen molar-refractivity contribution in [2.75, 3.05) is 6.61 Å². The number of aromatic carboxylic acids is 1. The van der Waals surface area contributed by atoms with Crippen molar-refractivity contribution in [3.8, 4) is 11.9 Å². The van der Waals surface area contributed by atoms with Gasteiger partial charge in [0.25, 0.3) is 0 Å². The van der Waals surface area contributed by atoms with Crippen molar-refractivity contribution in [2.24, 2.45) is 5.41 Å². The zero-order valence-corrected chi connectivity index (χ0v) is 22.2. The molecule has 2 fully saturated rings. The van der Waals surface area contributed by atoms with Gasteiger partial charge in [-0.15, -0.1) is 0 Å². The number of halogens is 1. The molecule has 3 atom stereocenters. The number of aromatic nitrogens is 3. The van der Waals surface area contributed by atoms with E-state index in [1.54, 1.807) is 24.3 Å². The number of hydrogen-bond acceptors (Lipinski definition) is 7. The number of hydrogen-bond donors (Lipinski definition) is 1. The summed E-state index contributed by atoms with van der Waals surface area (Å²) in [7, 11) is 0. The number of nitriles is 1. The molecule has 1 saturated carbocycles. The summed E-state index contributed by atoms with van der Waals surface area (Å²) in [5.74, 6) is -0.0503. The minimum absolute atomic E-state index is 0.0210. The highest BCUT2D eigenvalue weighted by atomic mass is 19.1. The summed E-state index contributed by atoms with van der Waals surface area (Å²) in [5, 5.41) is 18.3. The molecule has 0 amide bonds. The lowest BCUT2D eigenvalue weighted by molar-refractivity contribution is -0.0590. The first-order valence-corrected chi connectivity index (χ1v) is 13.7. The van der Waals surface area contributed by atoms with Gasteiger partial charge in [0.1, 0.15) is 23.8 Å². The highest BCUT2D eigenvalue weighted by molar-refractivity contribution is 5.89. The van der Waals surface area contributed by atoms with Crippen LogP contribution in [0.1, 0.15) is 71.2 Å². The number of rotatable bonds is 8. The molecule has 2 unspecified atom stereocenters. The van der Waals surface area contributed by atoms with E-state index in [1.807, 2.05) is 18.2 Å². The Hall–Kier alpha value is -4.49. The van der Waals surface area contributed by atoms with E-state index in [0.29, 0.717) is 29.2 Å². The van der Waals surface area contributed by atoms with Crippen LogP contribution in [0.3, 0.4) is 0 Å². The minimum atomic E-state index is -1.10. The van der Waals surface area contributed by atoms with Crippen molar-refractivity contribution in [2.45, 2.75) is 57.3 Å². The van der Waals surface area contributed by atoms with Gasteiger partial charge in [-0.3, -0.25) is 0 Å². The maximum absolute atomic E-state index is 14.2. The Kier molecular flexibility index (Phi) is 6.12. The molecule has 2 aliphatic carbocycles. The van der Waals surface area contributed by atoms with Crippen LogP contribution < -0.4 is 4.74 Å². The predicted octanol–water partition coefficient (Wildman–Crippen LogP) is 5.84. The minimum Gasteiger partial charge on any atom is -0.475 e. The first kappa shape index (κ1) is 25.5. The fraction of sp³-hybridized carbons (Fsp3) is 0.355. The number of furan rings is 1. The molecule has 9 nitrogen and oxygen atoms in total. The van der Waals surface area contributed by atoms with Gasteiger partial charge in [-0.1, -0.05) is 18.2 Å². The summed E-state index contributed by atoms with van der Waals surface area (Å²) in [5.41, 5.74) is 3.82. The molecule has 0 bridgehead atoms. The van der Waals surface area contributed by atoms with Crippen LogP contribution in [0, 0.1) is 22.6 Å². The Morgan fingerprint density at radius 3 is 2.85 bits per heavy atom. The van der Waals surface area contributed by atoms with Crippen LogP contribution in [0.25, 0.3) is 16.8 Å². The van der Waals surface area contributed by atoms with Crippen molar-refractivity contribution < 1.29 is 28.2 Å². The number of fused-ring (bicyclic) bond motifs is 1. The van der Waals surface area contributed by atoms with E-state index in [2.05, 4.69) is 15.6 Å². The van der Waals surface area contributed by atoms with Gasteiger partial charge in [-0.25, -0.2) is 14.2 Å². The number of nitrogens with zero attached hydrogens (tertiary/aromatic N) is 4. The lowest BCUT2D eigenvalue weighted by Crippen LogP contribution is -2.31. The molecule has 1 saturated heterocycles. The lowest BCUT2D eigenvalue weighted by Gasteiger charge is -2.28. The molecular weight excluding hydrogens is 527 g/mol. The first-order chi connectivity index (χ1) is 19.9. The van der Waals surface area contributed by atoms with E-state index in [9.17, 15) is 14.3 Å². The number of allylic oxidation sites excluding steroid dienone is 2. The van der Waals surface area contributed by atoms with Gasteiger partial charge >= 0.3 is 5.97 Å². The van der Waals surface area contributed by atoms with Crippen molar-refractivity contribution in [3.05, 3.63) is 82.8 Å². The van der Waals surface area contributed by atoms with E-state index in [1.165, 1.54) is 6.07 Å². The van der Waals surface area contributed by atoms with Crippen molar-refractivity contribution in [3.63, 3.8) is 0 Å². The highest BCUT2D eigenvalue weighted by Gasteiger charge is 2.56. The molecule has 7 rings (SSSR count). The number of carboxylic acid groups (broad SMARTS) is 1. The molecule has 3 aliphatic rings. The normalized spacial score (nSPS) is 23.2. The molecule has 3 aromatic heterocycles. The Morgan fingerprint density at radius 1 is 1.27 bits per heavy atom. The molecule has 1 aliphatic heterocycles. The second-order valence-corrected chi connectivity index (χ2v) is 11.1. The van der Waals surface area contributed by atoms with E-state index >= 15 is 0 Å². The van der Waals surface area contributed by atoms with Gasteiger partial charge in [0.05, 0.1) is 30.0 Å². The van der Waals surface area contributed by atoms with Crippen LogP contribution in [0.4, 0.5) is 4.39 Å². The molecule has 1 aromatic carbocycles. The van der Waals surface area contributed by atoms with Gasteiger partial charge < -0.3 is 23.6 Å². The molecule has 4 heterocycles. The van der Waals surface area contributed by atoms with Gasteiger partial charge in [0.15, 0.2) is 0 Å². The number of carboxylic acids is 1. The van der Waals surface area contributed by atoms with Crippen LogP contribution in [-0.2, 0) is 17.9 Å². The van der Waals surface area contributed by atoms with Crippen LogP contribution in [0.5, 0.6) is 5.88 Å². The zero-order chi connectivity index (χ0) is 28.1. The average Bonchev–Trinajstić information content (AvgIpc) is 3.30. The summed E-state index contributed by atoms with van der Waals surface area (Å²) in [4.78, 5) is 20.9. The smallest absolute Gasteiger partial charge is 0.371 e. The third-order valence-corrected chi connectivity index (χ3v) is 8.63. The monoisotopic (exact) mass is 554 g/mol. The fourth-order valence-electron chi connectivity index (χ4n) is 6.05. The molecule has 1 spiro atoms. The van der Waals surface area contributed by atoms with Crippen molar-refractivity contribution >= 4 is 22.8 Å². The Balaban J connectivity index is 1.06. The van der Waals surface area contributed by atoms with Crippen LogP contribution >= 0.6 is 0 Å². The number of pyridine rings is 1.